The molecule has 5 nitrogen and oxygen atoms in total. The van der Waals surface area contributed by atoms with Crippen molar-refractivity contribution in [3.63, 3.8) is 0 Å². The summed E-state index contributed by atoms with van der Waals surface area (Å²) in [6, 6.07) is 5.91. The zero-order valence-corrected chi connectivity index (χ0v) is 11.0. The van der Waals surface area contributed by atoms with E-state index in [0.29, 0.717) is 11.9 Å². The lowest BCUT2D eigenvalue weighted by atomic mass is 10.1. The third-order valence-electron chi connectivity index (χ3n) is 3.63. The van der Waals surface area contributed by atoms with Gasteiger partial charge in [-0.2, -0.15) is 5.10 Å². The number of aromatic nitrogens is 2. The molecule has 2 N–H and O–H groups in total. The highest BCUT2D eigenvalue weighted by Gasteiger charge is 2.18. The minimum atomic E-state index is 0.296. The quantitative estimate of drug-likeness (QED) is 0.888. The molecule has 1 fully saturated rings. The Kier molecular flexibility index (Phi) is 3.21. The minimum absolute atomic E-state index is 0.296. The van der Waals surface area contributed by atoms with Gasteiger partial charge in [-0.15, -0.1) is 5.10 Å². The van der Waals surface area contributed by atoms with E-state index in [0.717, 1.165) is 42.5 Å². The molecule has 1 aliphatic heterocycles. The average molecular weight is 258 g/mol. The van der Waals surface area contributed by atoms with E-state index in [1.807, 2.05) is 18.2 Å². The van der Waals surface area contributed by atoms with Gasteiger partial charge >= 0.3 is 0 Å². The Labute approximate surface area is 112 Å². The van der Waals surface area contributed by atoms with Gasteiger partial charge in [-0.05, 0) is 38.1 Å². The number of piperidine rings is 1. The number of ether oxygens (including phenoxy) is 1. The van der Waals surface area contributed by atoms with Crippen LogP contribution in [0.2, 0.25) is 0 Å². The molecule has 3 rings (SSSR count). The van der Waals surface area contributed by atoms with Gasteiger partial charge in [0.15, 0.2) is 5.82 Å². The maximum atomic E-state index is 6.04. The number of fused-ring (bicyclic) bond motifs is 1. The summed E-state index contributed by atoms with van der Waals surface area (Å²) in [5.41, 5.74) is 5.84. The number of benzene rings is 1. The fraction of sp³-hybridized carbons (Fsp3) is 0.429. The van der Waals surface area contributed by atoms with Crippen molar-refractivity contribution >= 4 is 16.6 Å². The summed E-state index contributed by atoms with van der Waals surface area (Å²) in [6.45, 7) is 2.18. The fourth-order valence-electron chi connectivity index (χ4n) is 2.45. The maximum absolute atomic E-state index is 6.04. The lowest BCUT2D eigenvalue weighted by Crippen LogP contribution is -2.35. The Morgan fingerprint density at radius 1 is 1.32 bits per heavy atom. The molecule has 5 heteroatoms. The second-order valence-electron chi connectivity index (χ2n) is 5.10. The second-order valence-corrected chi connectivity index (χ2v) is 5.10. The highest BCUT2D eigenvalue weighted by Crippen LogP contribution is 2.25. The maximum Gasteiger partial charge on any atom is 0.154 e. The fourth-order valence-corrected chi connectivity index (χ4v) is 2.45. The first-order valence-electron chi connectivity index (χ1n) is 6.58. The van der Waals surface area contributed by atoms with Crippen LogP contribution in [-0.2, 0) is 0 Å². The van der Waals surface area contributed by atoms with Crippen LogP contribution in [0.25, 0.3) is 10.8 Å². The highest BCUT2D eigenvalue weighted by atomic mass is 16.5. The Bertz CT molecular complexity index is 579. The molecule has 2 heterocycles. The zero-order chi connectivity index (χ0) is 13.2. The van der Waals surface area contributed by atoms with E-state index in [9.17, 15) is 0 Å². The normalized spacial score (nSPS) is 17.7. The number of nitrogens with two attached hydrogens (primary N) is 1. The molecule has 0 saturated carbocycles. The van der Waals surface area contributed by atoms with E-state index in [1.165, 1.54) is 0 Å². The number of hydrogen-bond acceptors (Lipinski definition) is 5. The van der Waals surface area contributed by atoms with Crippen molar-refractivity contribution < 1.29 is 4.74 Å². The van der Waals surface area contributed by atoms with Crippen molar-refractivity contribution in [2.45, 2.75) is 18.9 Å². The molecule has 1 saturated heterocycles. The van der Waals surface area contributed by atoms with E-state index >= 15 is 0 Å². The van der Waals surface area contributed by atoms with Crippen LogP contribution in [0.1, 0.15) is 12.8 Å². The first-order chi connectivity index (χ1) is 9.22. The Hall–Kier alpha value is -1.88. The molecule has 0 spiro atoms. The number of nitrogen functional groups attached to an aromatic ring is 1. The monoisotopic (exact) mass is 258 g/mol. The molecule has 0 amide bonds. The molecule has 1 aromatic carbocycles. The van der Waals surface area contributed by atoms with Crippen molar-refractivity contribution in [1.29, 1.82) is 0 Å². The van der Waals surface area contributed by atoms with Gasteiger partial charge in [0.2, 0.25) is 0 Å². The van der Waals surface area contributed by atoms with Crippen molar-refractivity contribution in [2.24, 2.45) is 0 Å². The van der Waals surface area contributed by atoms with Gasteiger partial charge in [0.25, 0.3) is 0 Å². The second kappa shape index (κ2) is 5.01. The summed E-state index contributed by atoms with van der Waals surface area (Å²) < 4.78 is 6.04. The molecular formula is C14H18N4O. The van der Waals surface area contributed by atoms with E-state index in [2.05, 4.69) is 22.1 Å². The highest BCUT2D eigenvalue weighted by molar-refractivity contribution is 5.90. The third-order valence-corrected chi connectivity index (χ3v) is 3.63. The van der Waals surface area contributed by atoms with Gasteiger partial charge in [0.05, 0.1) is 6.20 Å². The first-order valence-corrected chi connectivity index (χ1v) is 6.58. The predicted octanol–water partition coefficient (Wildman–Crippen LogP) is 1.69. The van der Waals surface area contributed by atoms with Gasteiger partial charge < -0.3 is 15.4 Å². The predicted molar refractivity (Wildman–Crippen MR) is 75.1 cm³/mol. The summed E-state index contributed by atoms with van der Waals surface area (Å²) in [7, 11) is 2.14. The average Bonchev–Trinajstić information content (AvgIpc) is 2.42. The van der Waals surface area contributed by atoms with Crippen LogP contribution in [0.15, 0.2) is 24.4 Å². The van der Waals surface area contributed by atoms with Gasteiger partial charge in [-0.25, -0.2) is 0 Å². The molecule has 1 aromatic heterocycles. The van der Waals surface area contributed by atoms with Crippen molar-refractivity contribution in [1.82, 2.24) is 15.1 Å². The van der Waals surface area contributed by atoms with Crippen molar-refractivity contribution in [3.8, 4) is 5.75 Å². The number of anilines is 1. The molecular weight excluding hydrogens is 240 g/mol. The topological polar surface area (TPSA) is 64.3 Å². The number of nitrogens with zero attached hydrogens (tertiary/aromatic N) is 3. The number of likely N-dealkylation sites (tertiary alicyclic amines) is 1. The van der Waals surface area contributed by atoms with E-state index < -0.39 is 0 Å². The molecule has 2 aromatic rings. The van der Waals surface area contributed by atoms with Gasteiger partial charge in [-0.3, -0.25) is 0 Å². The SMILES string of the molecule is CN1CCC(Oc2ccc3cnnc(N)c3c2)CC1. The lowest BCUT2D eigenvalue weighted by molar-refractivity contribution is 0.114. The van der Waals surface area contributed by atoms with Gasteiger partial charge in [-0.1, -0.05) is 0 Å². The minimum Gasteiger partial charge on any atom is -0.490 e. The van der Waals surface area contributed by atoms with Crippen molar-refractivity contribution in [3.05, 3.63) is 24.4 Å². The van der Waals surface area contributed by atoms with Crippen LogP contribution in [0.5, 0.6) is 5.75 Å². The molecule has 0 bridgehead atoms. The Morgan fingerprint density at radius 3 is 2.89 bits per heavy atom. The van der Waals surface area contributed by atoms with Crippen LogP contribution >= 0.6 is 0 Å². The smallest absolute Gasteiger partial charge is 0.154 e. The van der Waals surface area contributed by atoms with E-state index in [4.69, 9.17) is 10.5 Å². The van der Waals surface area contributed by atoms with Crippen LogP contribution in [-0.4, -0.2) is 41.3 Å². The van der Waals surface area contributed by atoms with Crippen LogP contribution in [0.3, 0.4) is 0 Å². The van der Waals surface area contributed by atoms with Crippen molar-refractivity contribution in [2.75, 3.05) is 25.9 Å². The molecule has 1 aliphatic rings. The first kappa shape index (κ1) is 12.2. The molecule has 100 valence electrons. The molecule has 0 unspecified atom stereocenters. The van der Waals surface area contributed by atoms with Gasteiger partial charge in [0.1, 0.15) is 11.9 Å². The van der Waals surface area contributed by atoms with Crippen LogP contribution in [0, 0.1) is 0 Å². The lowest BCUT2D eigenvalue weighted by Gasteiger charge is -2.29. The van der Waals surface area contributed by atoms with Gasteiger partial charge in [0, 0.05) is 23.9 Å². The van der Waals surface area contributed by atoms with Crippen LogP contribution < -0.4 is 10.5 Å². The summed E-state index contributed by atoms with van der Waals surface area (Å²) in [5.74, 6) is 1.31. The summed E-state index contributed by atoms with van der Waals surface area (Å²) in [5, 5.41) is 9.61. The standard InChI is InChI=1S/C14H18N4O/c1-18-6-4-11(5-7-18)19-12-3-2-10-9-16-17-14(15)13(10)8-12/h2-3,8-9,11H,4-7H2,1H3,(H2,15,17). The van der Waals surface area contributed by atoms with E-state index in [1.54, 1.807) is 6.20 Å². The van der Waals surface area contributed by atoms with E-state index in [-0.39, 0.29) is 0 Å². The summed E-state index contributed by atoms with van der Waals surface area (Å²) in [6.07, 6.45) is 4.15. The summed E-state index contributed by atoms with van der Waals surface area (Å²) in [4.78, 5) is 2.33. The third kappa shape index (κ3) is 2.61. The number of hydrogen-bond donors (Lipinski definition) is 1. The molecule has 0 radical (unpaired) electrons. The molecule has 19 heavy (non-hydrogen) atoms. The number of rotatable bonds is 2. The van der Waals surface area contributed by atoms with Crippen LogP contribution in [0.4, 0.5) is 5.82 Å². The molecule has 0 aliphatic carbocycles. The largest absolute Gasteiger partial charge is 0.490 e. The zero-order valence-electron chi connectivity index (χ0n) is 11.0. The Balaban J connectivity index is 1.80. The Morgan fingerprint density at radius 2 is 2.11 bits per heavy atom. The summed E-state index contributed by atoms with van der Waals surface area (Å²) >= 11 is 0. The molecule has 0 atom stereocenters.